The van der Waals surface area contributed by atoms with E-state index in [4.69, 9.17) is 34.8 Å². The largest absolute Gasteiger partial charge is 0.394 e. The van der Waals surface area contributed by atoms with Crippen LogP contribution in [0.4, 0.5) is 5.82 Å². The zero-order valence-corrected chi connectivity index (χ0v) is 11.4. The monoisotopic (exact) mass is 294 g/mol. The minimum atomic E-state index is -0.326. The zero-order valence-electron chi connectivity index (χ0n) is 9.14. The molecule has 0 saturated heterocycles. The van der Waals surface area contributed by atoms with E-state index in [0.717, 1.165) is 25.7 Å². The highest BCUT2D eigenvalue weighted by Gasteiger charge is 2.34. The van der Waals surface area contributed by atoms with E-state index < -0.39 is 0 Å². The van der Waals surface area contributed by atoms with Crippen molar-refractivity contribution in [3.05, 3.63) is 21.3 Å². The second-order valence-corrected chi connectivity index (χ2v) is 5.53. The summed E-state index contributed by atoms with van der Waals surface area (Å²) in [6.07, 6.45) is 3.99. The van der Waals surface area contributed by atoms with Gasteiger partial charge in [-0.15, -0.1) is 0 Å². The van der Waals surface area contributed by atoms with Crippen LogP contribution in [0.1, 0.15) is 25.7 Å². The van der Waals surface area contributed by atoms with Gasteiger partial charge >= 0.3 is 0 Å². The predicted octanol–water partition coefficient (Wildman–Crippen LogP) is 3.76. The summed E-state index contributed by atoms with van der Waals surface area (Å²) in [5.41, 5.74) is -0.326. The molecule has 0 atom stereocenters. The van der Waals surface area contributed by atoms with Gasteiger partial charge in [-0.05, 0) is 18.9 Å². The van der Waals surface area contributed by atoms with Crippen molar-refractivity contribution in [2.75, 3.05) is 11.9 Å². The molecule has 2 rings (SSSR count). The number of anilines is 1. The van der Waals surface area contributed by atoms with E-state index in [1.807, 2.05) is 0 Å². The summed E-state index contributed by atoms with van der Waals surface area (Å²) in [6.45, 7) is 0.0608. The molecule has 1 fully saturated rings. The highest BCUT2D eigenvalue weighted by molar-refractivity contribution is 6.42. The molecule has 1 heterocycles. The number of rotatable bonds is 3. The van der Waals surface area contributed by atoms with Gasteiger partial charge in [0, 0.05) is 0 Å². The SMILES string of the molecule is OCC1(Nc2nc(Cl)c(Cl)cc2Cl)CCCC1. The molecule has 1 saturated carbocycles. The summed E-state index contributed by atoms with van der Waals surface area (Å²) in [5, 5.41) is 13.7. The molecular formula is C11H13Cl3N2O. The maximum Gasteiger partial charge on any atom is 0.150 e. The van der Waals surface area contributed by atoms with E-state index in [1.165, 1.54) is 0 Å². The van der Waals surface area contributed by atoms with Crippen LogP contribution in [0.5, 0.6) is 0 Å². The molecule has 0 radical (unpaired) electrons. The lowest BCUT2D eigenvalue weighted by atomic mass is 9.99. The normalized spacial score (nSPS) is 18.4. The van der Waals surface area contributed by atoms with Gasteiger partial charge in [0.05, 0.1) is 22.2 Å². The van der Waals surface area contributed by atoms with Gasteiger partial charge in [0.25, 0.3) is 0 Å². The third-order valence-electron chi connectivity index (χ3n) is 3.13. The fourth-order valence-electron chi connectivity index (χ4n) is 2.16. The van der Waals surface area contributed by atoms with Gasteiger partial charge in [-0.3, -0.25) is 0 Å². The van der Waals surface area contributed by atoms with Crippen molar-refractivity contribution in [2.24, 2.45) is 0 Å². The first-order valence-electron chi connectivity index (χ1n) is 5.47. The lowest BCUT2D eigenvalue weighted by Gasteiger charge is -2.29. The number of aliphatic hydroxyl groups excluding tert-OH is 1. The molecule has 0 aliphatic heterocycles. The third kappa shape index (κ3) is 2.79. The number of aromatic nitrogens is 1. The van der Waals surface area contributed by atoms with E-state index in [1.54, 1.807) is 6.07 Å². The van der Waals surface area contributed by atoms with E-state index >= 15 is 0 Å². The maximum absolute atomic E-state index is 9.50. The number of hydrogen-bond donors (Lipinski definition) is 2. The number of pyridine rings is 1. The number of nitrogens with zero attached hydrogens (tertiary/aromatic N) is 1. The minimum Gasteiger partial charge on any atom is -0.394 e. The molecule has 2 N–H and O–H groups in total. The average Bonchev–Trinajstić information content (AvgIpc) is 2.75. The van der Waals surface area contributed by atoms with Crippen LogP contribution in [-0.4, -0.2) is 22.2 Å². The quantitative estimate of drug-likeness (QED) is 0.835. The molecule has 0 unspecified atom stereocenters. The molecule has 1 aliphatic rings. The molecule has 17 heavy (non-hydrogen) atoms. The second kappa shape index (κ2) is 5.19. The number of halogens is 3. The lowest BCUT2D eigenvalue weighted by Crippen LogP contribution is -2.39. The summed E-state index contributed by atoms with van der Waals surface area (Å²) in [6, 6.07) is 1.56. The van der Waals surface area contributed by atoms with Crippen LogP contribution in [0, 0.1) is 0 Å². The topological polar surface area (TPSA) is 45.1 Å². The van der Waals surface area contributed by atoms with Crippen molar-refractivity contribution in [1.82, 2.24) is 4.98 Å². The van der Waals surface area contributed by atoms with Crippen LogP contribution in [0.25, 0.3) is 0 Å². The summed E-state index contributed by atoms with van der Waals surface area (Å²) in [4.78, 5) is 4.11. The van der Waals surface area contributed by atoms with E-state index in [0.29, 0.717) is 15.9 Å². The first-order chi connectivity index (χ1) is 8.06. The highest BCUT2D eigenvalue weighted by atomic mass is 35.5. The third-order valence-corrected chi connectivity index (χ3v) is 4.09. The number of nitrogens with one attached hydrogen (secondary N) is 1. The van der Waals surface area contributed by atoms with Gasteiger partial charge in [0.2, 0.25) is 0 Å². The van der Waals surface area contributed by atoms with E-state index in [-0.39, 0.29) is 17.3 Å². The fourth-order valence-corrected chi connectivity index (χ4v) is 2.70. The molecule has 0 spiro atoms. The summed E-state index contributed by atoms with van der Waals surface area (Å²) in [7, 11) is 0. The van der Waals surface area contributed by atoms with Crippen LogP contribution in [0.15, 0.2) is 6.07 Å². The highest BCUT2D eigenvalue weighted by Crippen LogP contribution is 2.36. The molecule has 0 aromatic carbocycles. The van der Waals surface area contributed by atoms with Crippen LogP contribution < -0.4 is 5.32 Å². The number of aliphatic hydroxyl groups is 1. The predicted molar refractivity (Wildman–Crippen MR) is 71.2 cm³/mol. The van der Waals surface area contributed by atoms with Gasteiger partial charge in [-0.2, -0.15) is 0 Å². The van der Waals surface area contributed by atoms with Gasteiger partial charge in [0.15, 0.2) is 0 Å². The summed E-state index contributed by atoms with van der Waals surface area (Å²) < 4.78 is 0. The smallest absolute Gasteiger partial charge is 0.150 e. The Kier molecular flexibility index (Phi) is 4.03. The van der Waals surface area contributed by atoms with Gasteiger partial charge in [-0.25, -0.2) is 4.98 Å². The van der Waals surface area contributed by atoms with Crippen LogP contribution in [-0.2, 0) is 0 Å². The lowest BCUT2D eigenvalue weighted by molar-refractivity contribution is 0.214. The summed E-state index contributed by atoms with van der Waals surface area (Å²) in [5.74, 6) is 0.483. The Labute approximate surface area is 115 Å². The van der Waals surface area contributed by atoms with Gasteiger partial charge < -0.3 is 10.4 Å². The van der Waals surface area contributed by atoms with Crippen LogP contribution >= 0.6 is 34.8 Å². The van der Waals surface area contributed by atoms with Crippen LogP contribution in [0.3, 0.4) is 0 Å². The Bertz CT molecular complexity index is 419. The van der Waals surface area contributed by atoms with Gasteiger partial charge in [-0.1, -0.05) is 47.6 Å². The maximum atomic E-state index is 9.50. The Morgan fingerprint density at radius 3 is 2.47 bits per heavy atom. The molecule has 3 nitrogen and oxygen atoms in total. The Hall–Kier alpha value is -0.220. The molecule has 94 valence electrons. The molecule has 1 aromatic rings. The Balaban J connectivity index is 2.26. The fraction of sp³-hybridized carbons (Fsp3) is 0.545. The standard InChI is InChI=1S/C11H13Cl3N2O/c12-7-5-8(13)10(15-9(7)14)16-11(6-17)3-1-2-4-11/h5,17H,1-4,6H2,(H,15,16). The zero-order chi connectivity index (χ0) is 12.5. The van der Waals surface area contributed by atoms with Crippen molar-refractivity contribution in [3.8, 4) is 0 Å². The van der Waals surface area contributed by atoms with E-state index in [9.17, 15) is 5.11 Å². The summed E-state index contributed by atoms with van der Waals surface area (Å²) >= 11 is 17.7. The molecule has 6 heteroatoms. The molecule has 1 aliphatic carbocycles. The Morgan fingerprint density at radius 2 is 1.88 bits per heavy atom. The second-order valence-electron chi connectivity index (χ2n) is 4.36. The van der Waals surface area contributed by atoms with Crippen LogP contribution in [0.2, 0.25) is 15.2 Å². The molecule has 0 amide bonds. The van der Waals surface area contributed by atoms with Crippen molar-refractivity contribution < 1.29 is 5.11 Å². The number of hydrogen-bond acceptors (Lipinski definition) is 3. The molecule has 0 bridgehead atoms. The first kappa shape index (κ1) is 13.2. The molecule has 1 aromatic heterocycles. The van der Waals surface area contributed by atoms with Crippen molar-refractivity contribution in [2.45, 2.75) is 31.2 Å². The average molecular weight is 296 g/mol. The van der Waals surface area contributed by atoms with E-state index in [2.05, 4.69) is 10.3 Å². The van der Waals surface area contributed by atoms with Gasteiger partial charge in [0.1, 0.15) is 11.0 Å². The minimum absolute atomic E-state index is 0.0608. The Morgan fingerprint density at radius 1 is 1.24 bits per heavy atom. The van der Waals surface area contributed by atoms with Crippen molar-refractivity contribution in [3.63, 3.8) is 0 Å². The van der Waals surface area contributed by atoms with Crippen molar-refractivity contribution in [1.29, 1.82) is 0 Å². The van der Waals surface area contributed by atoms with Crippen molar-refractivity contribution >= 4 is 40.6 Å². The molecular weight excluding hydrogens is 282 g/mol. The first-order valence-corrected chi connectivity index (χ1v) is 6.60.